The maximum Gasteiger partial charge on any atom is 0.322 e. The SMILES string of the molecule is O=C(NCc1ccccc1)N1CCc2cc(-c3ccc4[nH]ccc4c3)ccc21. The van der Waals surface area contributed by atoms with Gasteiger partial charge in [0.2, 0.25) is 0 Å². The van der Waals surface area contributed by atoms with Gasteiger partial charge in [-0.1, -0.05) is 42.5 Å². The van der Waals surface area contributed by atoms with Crippen molar-refractivity contribution < 1.29 is 4.79 Å². The van der Waals surface area contributed by atoms with Crippen LogP contribution in [-0.2, 0) is 13.0 Å². The summed E-state index contributed by atoms with van der Waals surface area (Å²) >= 11 is 0. The van der Waals surface area contributed by atoms with Crippen molar-refractivity contribution in [2.24, 2.45) is 0 Å². The van der Waals surface area contributed by atoms with Crippen LogP contribution in [0.5, 0.6) is 0 Å². The molecule has 4 nitrogen and oxygen atoms in total. The van der Waals surface area contributed by atoms with Gasteiger partial charge >= 0.3 is 6.03 Å². The fourth-order valence-electron chi connectivity index (χ4n) is 3.89. The van der Waals surface area contributed by atoms with Crippen molar-refractivity contribution in [3.63, 3.8) is 0 Å². The molecule has 28 heavy (non-hydrogen) atoms. The second-order valence-electron chi connectivity index (χ2n) is 7.17. The summed E-state index contributed by atoms with van der Waals surface area (Å²) in [7, 11) is 0. The van der Waals surface area contributed by atoms with Crippen molar-refractivity contribution in [2.75, 3.05) is 11.4 Å². The fourth-order valence-corrected chi connectivity index (χ4v) is 3.89. The summed E-state index contributed by atoms with van der Waals surface area (Å²) < 4.78 is 0. The third-order valence-corrected chi connectivity index (χ3v) is 5.39. The first-order chi connectivity index (χ1) is 13.8. The predicted molar refractivity (Wildman–Crippen MR) is 113 cm³/mol. The Kier molecular flexibility index (Phi) is 4.09. The molecule has 1 aromatic heterocycles. The molecular formula is C24H21N3O. The number of nitrogens with one attached hydrogen (secondary N) is 2. The normalized spacial score (nSPS) is 12.9. The van der Waals surface area contributed by atoms with Crippen molar-refractivity contribution in [1.29, 1.82) is 0 Å². The van der Waals surface area contributed by atoms with Crippen molar-refractivity contribution in [1.82, 2.24) is 10.3 Å². The number of benzene rings is 3. The number of H-pyrrole nitrogens is 1. The molecule has 5 rings (SSSR count). The number of hydrogen-bond acceptors (Lipinski definition) is 1. The summed E-state index contributed by atoms with van der Waals surface area (Å²) in [6.07, 6.45) is 2.84. The van der Waals surface area contributed by atoms with E-state index in [0.717, 1.165) is 29.7 Å². The molecule has 2 heterocycles. The van der Waals surface area contributed by atoms with Gasteiger partial charge in [0.05, 0.1) is 0 Å². The molecule has 0 aliphatic carbocycles. The third-order valence-electron chi connectivity index (χ3n) is 5.39. The van der Waals surface area contributed by atoms with Gasteiger partial charge in [-0.15, -0.1) is 0 Å². The van der Waals surface area contributed by atoms with E-state index in [4.69, 9.17) is 0 Å². The predicted octanol–water partition coefficient (Wildman–Crippen LogP) is 5.11. The Bertz CT molecular complexity index is 1150. The van der Waals surface area contributed by atoms with Gasteiger partial charge < -0.3 is 10.3 Å². The second kappa shape index (κ2) is 6.89. The van der Waals surface area contributed by atoms with E-state index in [1.807, 2.05) is 41.4 Å². The van der Waals surface area contributed by atoms with Gasteiger partial charge in [0, 0.05) is 30.5 Å². The summed E-state index contributed by atoms with van der Waals surface area (Å²) in [5.41, 5.74) is 6.87. The molecule has 0 atom stereocenters. The molecule has 0 saturated heterocycles. The highest BCUT2D eigenvalue weighted by Gasteiger charge is 2.24. The monoisotopic (exact) mass is 367 g/mol. The molecule has 1 aliphatic rings. The highest BCUT2D eigenvalue weighted by molar-refractivity contribution is 5.95. The number of carbonyl (C=O) groups is 1. The van der Waals surface area contributed by atoms with Crippen LogP contribution >= 0.6 is 0 Å². The Morgan fingerprint density at radius 2 is 1.79 bits per heavy atom. The lowest BCUT2D eigenvalue weighted by Crippen LogP contribution is -2.38. The van der Waals surface area contributed by atoms with E-state index < -0.39 is 0 Å². The molecule has 3 aromatic carbocycles. The standard InChI is InChI=1S/C24H21N3O/c28-24(26-16-17-4-2-1-3-5-17)27-13-11-21-15-19(7-9-23(21)27)18-6-8-22-20(14-18)10-12-25-22/h1-10,12,14-15,25H,11,13,16H2,(H,26,28). The third kappa shape index (κ3) is 3.03. The van der Waals surface area contributed by atoms with E-state index in [1.54, 1.807) is 0 Å². The summed E-state index contributed by atoms with van der Waals surface area (Å²) in [6.45, 7) is 1.26. The highest BCUT2D eigenvalue weighted by atomic mass is 16.2. The zero-order valence-electron chi connectivity index (χ0n) is 15.5. The first-order valence-corrected chi connectivity index (χ1v) is 9.58. The van der Waals surface area contributed by atoms with Crippen LogP contribution in [0.1, 0.15) is 11.1 Å². The average molecular weight is 367 g/mol. The number of urea groups is 1. The molecule has 0 unspecified atom stereocenters. The maximum atomic E-state index is 12.7. The van der Waals surface area contributed by atoms with E-state index in [0.29, 0.717) is 6.54 Å². The smallest absolute Gasteiger partial charge is 0.322 e. The van der Waals surface area contributed by atoms with Crippen molar-refractivity contribution in [3.05, 3.63) is 90.1 Å². The van der Waals surface area contributed by atoms with E-state index >= 15 is 0 Å². The summed E-state index contributed by atoms with van der Waals surface area (Å²) in [5, 5.41) is 4.24. The first kappa shape index (κ1) is 16.6. The number of hydrogen-bond donors (Lipinski definition) is 2. The quantitative estimate of drug-likeness (QED) is 0.519. The van der Waals surface area contributed by atoms with Crippen LogP contribution in [0.2, 0.25) is 0 Å². The highest BCUT2D eigenvalue weighted by Crippen LogP contribution is 2.33. The molecule has 0 bridgehead atoms. The van der Waals surface area contributed by atoms with Crippen LogP contribution in [0, 0.1) is 0 Å². The molecule has 0 radical (unpaired) electrons. The van der Waals surface area contributed by atoms with Gasteiger partial charge in [-0.05, 0) is 64.4 Å². The average Bonchev–Trinajstić information content (AvgIpc) is 3.38. The van der Waals surface area contributed by atoms with Gasteiger partial charge in [-0.2, -0.15) is 0 Å². The zero-order valence-corrected chi connectivity index (χ0v) is 15.5. The Morgan fingerprint density at radius 3 is 2.68 bits per heavy atom. The number of aromatic nitrogens is 1. The molecule has 4 aromatic rings. The lowest BCUT2D eigenvalue weighted by atomic mass is 10.0. The number of anilines is 1. The van der Waals surface area contributed by atoms with E-state index in [1.165, 1.54) is 22.1 Å². The molecular weight excluding hydrogens is 346 g/mol. The minimum absolute atomic E-state index is 0.0379. The Labute approximate surface area is 163 Å². The van der Waals surface area contributed by atoms with Gasteiger partial charge in [-0.3, -0.25) is 4.90 Å². The molecule has 0 fully saturated rings. The Morgan fingerprint density at radius 1 is 0.964 bits per heavy atom. The van der Waals surface area contributed by atoms with Gasteiger partial charge in [0.25, 0.3) is 0 Å². The largest absolute Gasteiger partial charge is 0.361 e. The molecule has 0 spiro atoms. The fraction of sp³-hybridized carbons (Fsp3) is 0.125. The number of carbonyl (C=O) groups excluding carboxylic acids is 1. The van der Waals surface area contributed by atoms with E-state index in [2.05, 4.69) is 52.8 Å². The maximum absolute atomic E-state index is 12.7. The second-order valence-corrected chi connectivity index (χ2v) is 7.17. The van der Waals surface area contributed by atoms with Crippen molar-refractivity contribution in [3.8, 4) is 11.1 Å². The van der Waals surface area contributed by atoms with Gasteiger partial charge in [0.15, 0.2) is 0 Å². The summed E-state index contributed by atoms with van der Waals surface area (Å²) in [6, 6.07) is 24.9. The molecule has 0 saturated carbocycles. The number of nitrogens with zero attached hydrogens (tertiary/aromatic N) is 1. The number of rotatable bonds is 3. The van der Waals surface area contributed by atoms with E-state index in [-0.39, 0.29) is 6.03 Å². The summed E-state index contributed by atoms with van der Waals surface area (Å²) in [5.74, 6) is 0. The molecule has 2 N–H and O–H groups in total. The zero-order chi connectivity index (χ0) is 18.9. The van der Waals surface area contributed by atoms with E-state index in [9.17, 15) is 4.79 Å². The lowest BCUT2D eigenvalue weighted by molar-refractivity contribution is 0.246. The lowest BCUT2D eigenvalue weighted by Gasteiger charge is -2.18. The van der Waals surface area contributed by atoms with Gasteiger partial charge in [-0.25, -0.2) is 4.79 Å². The molecule has 138 valence electrons. The van der Waals surface area contributed by atoms with Crippen LogP contribution in [0.25, 0.3) is 22.0 Å². The summed E-state index contributed by atoms with van der Waals surface area (Å²) in [4.78, 5) is 17.7. The van der Waals surface area contributed by atoms with Crippen LogP contribution < -0.4 is 10.2 Å². The van der Waals surface area contributed by atoms with Crippen LogP contribution in [0.15, 0.2) is 79.0 Å². The topological polar surface area (TPSA) is 48.1 Å². The Hall–Kier alpha value is -3.53. The first-order valence-electron chi connectivity index (χ1n) is 9.58. The Balaban J connectivity index is 1.35. The minimum Gasteiger partial charge on any atom is -0.361 e. The minimum atomic E-state index is -0.0379. The van der Waals surface area contributed by atoms with Crippen LogP contribution in [0.4, 0.5) is 10.5 Å². The van der Waals surface area contributed by atoms with Crippen molar-refractivity contribution >= 4 is 22.6 Å². The van der Waals surface area contributed by atoms with Crippen molar-refractivity contribution in [2.45, 2.75) is 13.0 Å². The van der Waals surface area contributed by atoms with Crippen LogP contribution in [0.3, 0.4) is 0 Å². The number of fused-ring (bicyclic) bond motifs is 2. The number of aromatic amines is 1. The number of amides is 2. The molecule has 4 heteroatoms. The van der Waals surface area contributed by atoms with Crippen LogP contribution in [-0.4, -0.2) is 17.6 Å². The molecule has 2 amide bonds. The van der Waals surface area contributed by atoms with Gasteiger partial charge in [0.1, 0.15) is 0 Å². The molecule has 1 aliphatic heterocycles.